The Morgan fingerprint density at radius 1 is 1.46 bits per heavy atom. The second-order valence-corrected chi connectivity index (χ2v) is 2.33. The third-order valence-electron chi connectivity index (χ3n) is 1.38. The second kappa shape index (κ2) is 5.52. The van der Waals surface area contributed by atoms with Crippen molar-refractivity contribution in [2.75, 3.05) is 6.61 Å². The lowest BCUT2D eigenvalue weighted by atomic mass is 10.1. The van der Waals surface area contributed by atoms with Gasteiger partial charge in [0.1, 0.15) is 12.2 Å². The Morgan fingerprint density at radius 2 is 2.00 bits per heavy atom. The standard InChI is InChI=1S/C6H10N2O5/c7-8-1-3(10)5(12)6(13)4(11)2-9/h1,4-6,9,11-13H,2H2/t4-,5-,6-/m0/s1. The fraction of sp³-hybridized carbons (Fsp3) is 0.667. The van der Waals surface area contributed by atoms with E-state index >= 15 is 0 Å². The van der Waals surface area contributed by atoms with Crippen molar-refractivity contribution in [2.24, 2.45) is 0 Å². The van der Waals surface area contributed by atoms with Crippen LogP contribution in [-0.2, 0) is 4.79 Å². The van der Waals surface area contributed by atoms with Gasteiger partial charge in [-0.15, -0.1) is 0 Å². The molecule has 0 fully saturated rings. The molecule has 0 spiro atoms. The van der Waals surface area contributed by atoms with E-state index in [0.29, 0.717) is 6.21 Å². The summed E-state index contributed by atoms with van der Waals surface area (Å²) in [6.45, 7) is -0.790. The SMILES string of the molecule is [N-]=[N+]=CC(=O)[C@H](O)[C@@H](O)[C@@H](O)CO. The number of ketones is 1. The van der Waals surface area contributed by atoms with Crippen molar-refractivity contribution >= 4 is 12.0 Å². The van der Waals surface area contributed by atoms with E-state index in [9.17, 15) is 4.79 Å². The molecule has 0 amide bonds. The average molecular weight is 190 g/mol. The van der Waals surface area contributed by atoms with Crippen LogP contribution in [0.3, 0.4) is 0 Å². The van der Waals surface area contributed by atoms with E-state index in [1.807, 2.05) is 0 Å². The Balaban J connectivity index is 4.32. The first-order valence-corrected chi connectivity index (χ1v) is 3.41. The van der Waals surface area contributed by atoms with Gasteiger partial charge in [0.05, 0.1) is 6.61 Å². The molecular formula is C6H10N2O5. The molecule has 7 heteroatoms. The molecule has 0 aromatic carbocycles. The third kappa shape index (κ3) is 3.41. The molecule has 0 rings (SSSR count). The van der Waals surface area contributed by atoms with Crippen LogP contribution in [0.1, 0.15) is 0 Å². The number of carbonyl (C=O) groups is 1. The van der Waals surface area contributed by atoms with Crippen molar-refractivity contribution in [1.29, 1.82) is 0 Å². The molecule has 7 nitrogen and oxygen atoms in total. The Bertz CT molecular complexity index is 225. The van der Waals surface area contributed by atoms with E-state index < -0.39 is 30.7 Å². The van der Waals surface area contributed by atoms with Gasteiger partial charge in [0.15, 0.2) is 6.10 Å². The summed E-state index contributed by atoms with van der Waals surface area (Å²) in [5.74, 6) is -1.07. The highest BCUT2D eigenvalue weighted by molar-refractivity contribution is 6.27. The monoisotopic (exact) mass is 190 g/mol. The Kier molecular flexibility index (Phi) is 5.05. The molecule has 0 aliphatic rings. The molecule has 0 radical (unpaired) electrons. The van der Waals surface area contributed by atoms with Gasteiger partial charge in [-0.3, -0.25) is 4.79 Å². The summed E-state index contributed by atoms with van der Waals surface area (Å²) in [7, 11) is 0. The van der Waals surface area contributed by atoms with Crippen molar-refractivity contribution in [3.8, 4) is 0 Å². The van der Waals surface area contributed by atoms with Crippen LogP contribution in [0.15, 0.2) is 0 Å². The number of rotatable bonds is 5. The Morgan fingerprint density at radius 3 is 2.38 bits per heavy atom. The largest absolute Gasteiger partial charge is 0.394 e. The van der Waals surface area contributed by atoms with Crippen molar-refractivity contribution in [2.45, 2.75) is 18.3 Å². The molecule has 0 unspecified atom stereocenters. The topological polar surface area (TPSA) is 134 Å². The lowest BCUT2D eigenvalue weighted by Crippen LogP contribution is -2.44. The maximum Gasteiger partial charge on any atom is 0.326 e. The van der Waals surface area contributed by atoms with Crippen molar-refractivity contribution in [3.63, 3.8) is 0 Å². The second-order valence-electron chi connectivity index (χ2n) is 2.33. The van der Waals surface area contributed by atoms with E-state index in [1.54, 1.807) is 0 Å². The average Bonchev–Trinajstić information content (AvgIpc) is 2.14. The number of hydrogen-bond acceptors (Lipinski definition) is 5. The maximum atomic E-state index is 10.7. The van der Waals surface area contributed by atoms with E-state index in [2.05, 4.69) is 4.79 Å². The van der Waals surface area contributed by atoms with Crippen molar-refractivity contribution in [3.05, 3.63) is 5.53 Å². The van der Waals surface area contributed by atoms with E-state index in [1.165, 1.54) is 0 Å². The molecule has 13 heavy (non-hydrogen) atoms. The van der Waals surface area contributed by atoms with E-state index in [0.717, 1.165) is 0 Å². The minimum Gasteiger partial charge on any atom is -0.394 e. The van der Waals surface area contributed by atoms with Crippen LogP contribution in [0.5, 0.6) is 0 Å². The molecule has 74 valence electrons. The predicted molar refractivity (Wildman–Crippen MR) is 39.8 cm³/mol. The molecular weight excluding hydrogens is 180 g/mol. The van der Waals surface area contributed by atoms with Crippen molar-refractivity contribution < 1.29 is 30.0 Å². The highest BCUT2D eigenvalue weighted by atomic mass is 16.4. The lowest BCUT2D eigenvalue weighted by molar-refractivity contribution is -0.136. The van der Waals surface area contributed by atoms with Gasteiger partial charge in [0.25, 0.3) is 5.78 Å². The zero-order valence-electron chi connectivity index (χ0n) is 6.61. The van der Waals surface area contributed by atoms with Crippen LogP contribution < -0.4 is 0 Å². The first-order valence-electron chi connectivity index (χ1n) is 3.41. The number of Topliss-reactive ketones (excluding diaryl/α,β-unsaturated/α-hetero) is 1. The Labute approximate surface area is 73.5 Å². The summed E-state index contributed by atoms with van der Waals surface area (Å²) in [6, 6.07) is 0. The number of aliphatic hydroxyl groups is 4. The molecule has 0 saturated carbocycles. The van der Waals surface area contributed by atoms with Gasteiger partial charge in [-0.05, 0) is 0 Å². The summed E-state index contributed by atoms with van der Waals surface area (Å²) in [5, 5.41) is 35.1. The highest BCUT2D eigenvalue weighted by Crippen LogP contribution is 1.99. The molecule has 0 aliphatic heterocycles. The first kappa shape index (κ1) is 11.9. The summed E-state index contributed by atoms with van der Waals surface area (Å²) < 4.78 is 0. The summed E-state index contributed by atoms with van der Waals surface area (Å²) in [4.78, 5) is 13.0. The van der Waals surface area contributed by atoms with Crippen LogP contribution in [0.4, 0.5) is 0 Å². The summed E-state index contributed by atoms with van der Waals surface area (Å²) in [5.41, 5.74) is 7.91. The lowest BCUT2D eigenvalue weighted by Gasteiger charge is -2.17. The van der Waals surface area contributed by atoms with E-state index in [-0.39, 0.29) is 0 Å². The van der Waals surface area contributed by atoms with Gasteiger partial charge in [-0.1, -0.05) is 0 Å². The number of carbonyl (C=O) groups excluding carboxylic acids is 1. The normalized spacial score (nSPS) is 16.9. The fourth-order valence-electron chi connectivity index (χ4n) is 0.620. The van der Waals surface area contributed by atoms with Gasteiger partial charge in [-0.2, -0.15) is 4.79 Å². The molecule has 0 aliphatic carbocycles. The number of nitrogens with zero attached hydrogens (tertiary/aromatic N) is 2. The van der Waals surface area contributed by atoms with Gasteiger partial charge in [0, 0.05) is 0 Å². The summed E-state index contributed by atoms with van der Waals surface area (Å²) >= 11 is 0. The molecule has 0 heterocycles. The fourth-order valence-corrected chi connectivity index (χ4v) is 0.620. The van der Waals surface area contributed by atoms with Gasteiger partial charge >= 0.3 is 6.21 Å². The third-order valence-corrected chi connectivity index (χ3v) is 1.38. The van der Waals surface area contributed by atoms with Crippen molar-refractivity contribution in [1.82, 2.24) is 0 Å². The van der Waals surface area contributed by atoms with Crippen LogP contribution in [0.2, 0.25) is 0 Å². The molecule has 3 atom stereocenters. The molecule has 0 bridgehead atoms. The van der Waals surface area contributed by atoms with Crippen LogP contribution in [0, 0.1) is 0 Å². The van der Waals surface area contributed by atoms with E-state index in [4.69, 9.17) is 26.0 Å². The minimum absolute atomic E-state index is 0.387. The number of hydrogen-bond donors (Lipinski definition) is 4. The zero-order valence-corrected chi connectivity index (χ0v) is 6.61. The van der Waals surface area contributed by atoms with Crippen LogP contribution >= 0.6 is 0 Å². The minimum atomic E-state index is -1.92. The van der Waals surface area contributed by atoms with Crippen LogP contribution in [0.25, 0.3) is 5.53 Å². The zero-order chi connectivity index (χ0) is 10.4. The number of aliphatic hydroxyl groups excluding tert-OH is 4. The smallest absolute Gasteiger partial charge is 0.326 e. The molecule has 0 aromatic rings. The summed E-state index contributed by atoms with van der Waals surface area (Å²) in [6.07, 6.45) is -4.96. The quantitative estimate of drug-likeness (QED) is 0.207. The first-order chi connectivity index (χ1) is 6.04. The Hall–Kier alpha value is -1.11. The van der Waals surface area contributed by atoms with Gasteiger partial charge < -0.3 is 26.0 Å². The van der Waals surface area contributed by atoms with Gasteiger partial charge in [-0.25, -0.2) is 0 Å². The van der Waals surface area contributed by atoms with Crippen LogP contribution in [-0.4, -0.2) is 62.1 Å². The maximum absolute atomic E-state index is 10.7. The van der Waals surface area contributed by atoms with Gasteiger partial charge in [0.2, 0.25) is 0 Å². The molecule has 0 aromatic heterocycles. The predicted octanol–water partition coefficient (Wildman–Crippen LogP) is -3.07. The highest BCUT2D eigenvalue weighted by Gasteiger charge is 2.30. The molecule has 4 N–H and O–H groups in total. The molecule has 0 saturated heterocycles.